The monoisotopic (exact) mass is 340 g/mol. The molecule has 1 aromatic heterocycles. The summed E-state index contributed by atoms with van der Waals surface area (Å²) in [6.45, 7) is 3.19. The number of nitrogens with zero attached hydrogens (tertiary/aromatic N) is 1. The third-order valence-electron chi connectivity index (χ3n) is 3.17. The minimum atomic E-state index is -0.837. The number of halogens is 1. The molecule has 1 heterocycles. The molecule has 0 aliphatic carbocycles. The van der Waals surface area contributed by atoms with Crippen LogP contribution in [0.4, 0.5) is 0 Å². The largest absolute Gasteiger partial charge is 0.384 e. The van der Waals surface area contributed by atoms with Crippen molar-refractivity contribution in [2.75, 3.05) is 6.54 Å². The van der Waals surface area contributed by atoms with Crippen LogP contribution in [-0.4, -0.2) is 16.6 Å². The maximum Gasteiger partial charge on any atom is 0.102 e. The van der Waals surface area contributed by atoms with Crippen LogP contribution in [0.2, 0.25) is 0 Å². The smallest absolute Gasteiger partial charge is 0.102 e. The Hall–Kier alpha value is -0.750. The van der Waals surface area contributed by atoms with Crippen molar-refractivity contribution < 1.29 is 5.11 Å². The van der Waals surface area contributed by atoms with Gasteiger partial charge in [0.15, 0.2) is 0 Å². The lowest BCUT2D eigenvalue weighted by atomic mass is 9.91. The van der Waals surface area contributed by atoms with Crippen LogP contribution in [0.15, 0.2) is 39.6 Å². The zero-order valence-electron chi connectivity index (χ0n) is 10.8. The first kappa shape index (κ1) is 14.7. The molecule has 3 nitrogen and oxygen atoms in total. The van der Waals surface area contributed by atoms with Crippen LogP contribution >= 0.6 is 27.3 Å². The summed E-state index contributed by atoms with van der Waals surface area (Å²) in [5, 5.41) is 16.0. The van der Waals surface area contributed by atoms with Gasteiger partial charge in [-0.05, 0) is 24.1 Å². The van der Waals surface area contributed by atoms with E-state index in [-0.39, 0.29) is 0 Å². The Morgan fingerprint density at radius 2 is 2.11 bits per heavy atom. The minimum absolute atomic E-state index is 0.517. The van der Waals surface area contributed by atoms with Crippen molar-refractivity contribution >= 4 is 27.3 Å². The molecular formula is C14H17BrN2OS. The first-order chi connectivity index (χ1) is 9.14. The lowest BCUT2D eigenvalue weighted by Crippen LogP contribution is -2.37. The highest BCUT2D eigenvalue weighted by atomic mass is 79.9. The van der Waals surface area contributed by atoms with Gasteiger partial charge >= 0.3 is 0 Å². The van der Waals surface area contributed by atoms with Crippen molar-refractivity contribution in [3.8, 4) is 0 Å². The number of nitrogens with one attached hydrogen (secondary N) is 1. The summed E-state index contributed by atoms with van der Waals surface area (Å²) in [5.41, 5.74) is 2.93. The molecule has 0 aliphatic rings. The molecule has 102 valence electrons. The third kappa shape index (κ3) is 3.86. The predicted molar refractivity (Wildman–Crippen MR) is 82.2 cm³/mol. The van der Waals surface area contributed by atoms with Gasteiger partial charge in [-0.3, -0.25) is 0 Å². The van der Waals surface area contributed by atoms with Crippen LogP contribution < -0.4 is 5.32 Å². The first-order valence-corrected chi connectivity index (χ1v) is 7.94. The third-order valence-corrected chi connectivity index (χ3v) is 4.34. The van der Waals surface area contributed by atoms with Crippen molar-refractivity contribution in [2.24, 2.45) is 0 Å². The summed E-state index contributed by atoms with van der Waals surface area (Å²) < 4.78 is 1.02. The van der Waals surface area contributed by atoms with E-state index < -0.39 is 5.60 Å². The molecule has 1 aromatic carbocycles. The Balaban J connectivity index is 1.99. The maximum absolute atomic E-state index is 10.7. The van der Waals surface area contributed by atoms with Crippen LogP contribution in [-0.2, 0) is 12.1 Å². The molecule has 0 saturated carbocycles. The molecule has 1 atom stereocenters. The molecule has 0 aliphatic heterocycles. The summed E-state index contributed by atoms with van der Waals surface area (Å²) in [5.74, 6) is 0. The van der Waals surface area contributed by atoms with Crippen LogP contribution in [0, 0.1) is 0 Å². The van der Waals surface area contributed by atoms with Crippen molar-refractivity contribution in [2.45, 2.75) is 25.5 Å². The first-order valence-electron chi connectivity index (χ1n) is 6.20. The van der Waals surface area contributed by atoms with Gasteiger partial charge in [-0.2, -0.15) is 0 Å². The molecule has 0 fully saturated rings. The molecule has 0 unspecified atom stereocenters. The van der Waals surface area contributed by atoms with E-state index in [0.717, 1.165) is 15.7 Å². The quantitative estimate of drug-likeness (QED) is 0.847. The normalized spacial score (nSPS) is 14.3. The Kier molecular flexibility index (Phi) is 5.10. The van der Waals surface area contributed by atoms with E-state index in [0.29, 0.717) is 19.5 Å². The van der Waals surface area contributed by atoms with Gasteiger partial charge in [0, 0.05) is 22.9 Å². The van der Waals surface area contributed by atoms with Gasteiger partial charge < -0.3 is 10.4 Å². The van der Waals surface area contributed by atoms with Crippen molar-refractivity contribution in [3.05, 3.63) is 50.9 Å². The SMILES string of the molecule is CC[C@](O)(CNCc1cscn1)c1ccc(Br)cc1. The lowest BCUT2D eigenvalue weighted by Gasteiger charge is -2.27. The van der Waals surface area contributed by atoms with E-state index in [9.17, 15) is 5.11 Å². The molecule has 0 spiro atoms. The molecule has 0 saturated heterocycles. The zero-order valence-corrected chi connectivity index (χ0v) is 13.2. The molecule has 2 rings (SSSR count). The van der Waals surface area contributed by atoms with Gasteiger partial charge in [0.2, 0.25) is 0 Å². The van der Waals surface area contributed by atoms with E-state index in [1.807, 2.05) is 42.1 Å². The predicted octanol–water partition coefficient (Wildman–Crippen LogP) is 3.29. The summed E-state index contributed by atoms with van der Waals surface area (Å²) in [6, 6.07) is 7.82. The highest BCUT2D eigenvalue weighted by Gasteiger charge is 2.26. The van der Waals surface area contributed by atoms with Gasteiger partial charge in [-0.25, -0.2) is 4.98 Å². The Morgan fingerprint density at radius 1 is 1.37 bits per heavy atom. The molecule has 0 amide bonds. The van der Waals surface area contributed by atoms with Crippen LogP contribution in [0.1, 0.15) is 24.6 Å². The van der Waals surface area contributed by atoms with Gasteiger partial charge in [0.1, 0.15) is 5.60 Å². The average Bonchev–Trinajstić information content (AvgIpc) is 2.92. The van der Waals surface area contributed by atoms with Gasteiger partial charge in [0.05, 0.1) is 11.2 Å². The van der Waals surface area contributed by atoms with E-state index in [2.05, 4.69) is 26.2 Å². The van der Waals surface area contributed by atoms with E-state index >= 15 is 0 Å². The molecule has 2 aromatic rings. The topological polar surface area (TPSA) is 45.1 Å². The van der Waals surface area contributed by atoms with Crippen molar-refractivity contribution in [3.63, 3.8) is 0 Å². The number of rotatable bonds is 6. The van der Waals surface area contributed by atoms with Gasteiger partial charge in [-0.15, -0.1) is 11.3 Å². The summed E-state index contributed by atoms with van der Waals surface area (Å²) >= 11 is 4.99. The standard InChI is InChI=1S/C14H17BrN2OS/c1-2-14(18,11-3-5-12(15)6-4-11)9-16-7-13-8-19-10-17-13/h3-6,8,10,16,18H,2,7,9H2,1H3/t14-/m0/s1. The highest BCUT2D eigenvalue weighted by molar-refractivity contribution is 9.10. The second-order valence-corrected chi connectivity index (χ2v) is 6.11. The van der Waals surface area contributed by atoms with Crippen molar-refractivity contribution in [1.82, 2.24) is 10.3 Å². The Bertz CT molecular complexity index is 501. The molecule has 5 heteroatoms. The zero-order chi connectivity index (χ0) is 13.7. The molecule has 0 radical (unpaired) electrons. The maximum atomic E-state index is 10.7. The fourth-order valence-electron chi connectivity index (χ4n) is 1.91. The van der Waals surface area contributed by atoms with Crippen LogP contribution in [0.3, 0.4) is 0 Å². The highest BCUT2D eigenvalue weighted by Crippen LogP contribution is 2.25. The van der Waals surface area contributed by atoms with Gasteiger partial charge in [-0.1, -0.05) is 35.0 Å². The second-order valence-electron chi connectivity index (χ2n) is 4.48. The molecule has 0 bridgehead atoms. The number of benzene rings is 1. The second kappa shape index (κ2) is 6.61. The molecule has 2 N–H and O–H groups in total. The van der Waals surface area contributed by atoms with E-state index in [1.165, 1.54) is 0 Å². The molecular weight excluding hydrogens is 324 g/mol. The summed E-state index contributed by atoms with van der Waals surface area (Å²) in [7, 11) is 0. The van der Waals surface area contributed by atoms with Gasteiger partial charge in [0.25, 0.3) is 0 Å². The average molecular weight is 341 g/mol. The summed E-state index contributed by atoms with van der Waals surface area (Å²) in [6.07, 6.45) is 0.665. The van der Waals surface area contributed by atoms with E-state index in [1.54, 1.807) is 11.3 Å². The minimum Gasteiger partial charge on any atom is -0.384 e. The number of aliphatic hydroxyl groups is 1. The number of aromatic nitrogens is 1. The van der Waals surface area contributed by atoms with Crippen molar-refractivity contribution in [1.29, 1.82) is 0 Å². The van der Waals surface area contributed by atoms with E-state index in [4.69, 9.17) is 0 Å². The fourth-order valence-corrected chi connectivity index (χ4v) is 2.74. The fraction of sp³-hybridized carbons (Fsp3) is 0.357. The number of thiazole rings is 1. The molecule has 19 heavy (non-hydrogen) atoms. The Morgan fingerprint density at radius 3 is 2.68 bits per heavy atom. The van der Waals surface area contributed by atoms with Crippen LogP contribution in [0.25, 0.3) is 0 Å². The lowest BCUT2D eigenvalue weighted by molar-refractivity contribution is 0.0323. The number of hydrogen-bond acceptors (Lipinski definition) is 4. The number of hydrogen-bond donors (Lipinski definition) is 2. The summed E-state index contributed by atoms with van der Waals surface area (Å²) in [4.78, 5) is 4.21. The Labute approximate surface area is 125 Å². The van der Waals surface area contributed by atoms with Crippen LogP contribution in [0.5, 0.6) is 0 Å².